The monoisotopic (exact) mass is 221 g/mol. The first-order valence-corrected chi connectivity index (χ1v) is 5.57. The van der Waals surface area contributed by atoms with Crippen molar-refractivity contribution in [3.8, 4) is 0 Å². The van der Waals surface area contributed by atoms with Gasteiger partial charge in [-0.05, 0) is 18.1 Å². The molecule has 0 amide bonds. The van der Waals surface area contributed by atoms with E-state index in [4.69, 9.17) is 0 Å². The third-order valence-corrected chi connectivity index (χ3v) is 2.32. The lowest BCUT2D eigenvalue weighted by Crippen LogP contribution is -2.33. The van der Waals surface area contributed by atoms with Gasteiger partial charge >= 0.3 is 0 Å². The van der Waals surface area contributed by atoms with Crippen LogP contribution in [0.3, 0.4) is 0 Å². The fourth-order valence-electron chi connectivity index (χ4n) is 1.51. The molecule has 0 fully saturated rings. The summed E-state index contributed by atoms with van der Waals surface area (Å²) >= 11 is 0. The third kappa shape index (κ3) is 4.55. The number of aliphatic hydroxyl groups excluding tert-OH is 1. The van der Waals surface area contributed by atoms with Crippen molar-refractivity contribution in [2.45, 2.75) is 32.4 Å². The maximum atomic E-state index is 10.6. The van der Waals surface area contributed by atoms with Crippen molar-refractivity contribution < 1.29 is 9.90 Å². The fourth-order valence-corrected chi connectivity index (χ4v) is 1.51. The molecule has 1 rings (SSSR count). The van der Waals surface area contributed by atoms with E-state index in [0.717, 1.165) is 11.8 Å². The maximum absolute atomic E-state index is 10.6. The predicted octanol–water partition coefficient (Wildman–Crippen LogP) is 1.40. The second-order valence-corrected chi connectivity index (χ2v) is 4.28. The quantitative estimate of drug-likeness (QED) is 0.714. The highest BCUT2D eigenvalue weighted by Gasteiger charge is 2.06. The van der Waals surface area contributed by atoms with E-state index in [1.54, 1.807) is 6.07 Å². The lowest BCUT2D eigenvalue weighted by Gasteiger charge is -2.14. The van der Waals surface area contributed by atoms with Crippen LogP contribution in [0.15, 0.2) is 24.3 Å². The summed E-state index contributed by atoms with van der Waals surface area (Å²) in [5, 5.41) is 12.9. The van der Waals surface area contributed by atoms with E-state index in [0.29, 0.717) is 24.6 Å². The molecule has 0 heterocycles. The van der Waals surface area contributed by atoms with E-state index in [9.17, 15) is 9.90 Å². The summed E-state index contributed by atoms with van der Waals surface area (Å²) in [6.45, 7) is 4.66. The Morgan fingerprint density at radius 3 is 2.81 bits per heavy atom. The molecule has 16 heavy (non-hydrogen) atoms. The van der Waals surface area contributed by atoms with Gasteiger partial charge in [-0.2, -0.15) is 0 Å². The average molecular weight is 221 g/mol. The molecule has 3 heteroatoms. The number of rotatable bonds is 6. The number of hydrogen-bond acceptors (Lipinski definition) is 3. The third-order valence-electron chi connectivity index (χ3n) is 2.32. The van der Waals surface area contributed by atoms with Crippen LogP contribution in [0, 0.1) is 0 Å². The Morgan fingerprint density at radius 2 is 2.19 bits per heavy atom. The molecule has 0 radical (unpaired) electrons. The summed E-state index contributed by atoms with van der Waals surface area (Å²) in [4.78, 5) is 10.6. The highest BCUT2D eigenvalue weighted by Crippen LogP contribution is 2.06. The molecule has 0 saturated carbocycles. The van der Waals surface area contributed by atoms with E-state index >= 15 is 0 Å². The minimum absolute atomic E-state index is 0.371. The second-order valence-electron chi connectivity index (χ2n) is 4.28. The first kappa shape index (κ1) is 12.9. The van der Waals surface area contributed by atoms with Gasteiger partial charge in [-0.15, -0.1) is 0 Å². The highest BCUT2D eigenvalue weighted by molar-refractivity contribution is 5.74. The fraction of sp³-hybridized carbons (Fsp3) is 0.462. The van der Waals surface area contributed by atoms with Crippen molar-refractivity contribution in [3.05, 3.63) is 35.4 Å². The molecule has 0 spiro atoms. The molecule has 0 bridgehead atoms. The summed E-state index contributed by atoms with van der Waals surface area (Å²) < 4.78 is 0. The van der Waals surface area contributed by atoms with Crippen molar-refractivity contribution in [1.82, 2.24) is 5.32 Å². The molecule has 1 aromatic carbocycles. The topological polar surface area (TPSA) is 49.3 Å². The van der Waals surface area contributed by atoms with Crippen molar-refractivity contribution in [2.24, 2.45) is 0 Å². The number of benzene rings is 1. The molecule has 2 N–H and O–H groups in total. The van der Waals surface area contributed by atoms with Crippen LogP contribution in [0.4, 0.5) is 0 Å². The molecular formula is C13H19NO2. The molecule has 1 aromatic rings. The molecule has 88 valence electrons. The second kappa shape index (κ2) is 6.40. The number of nitrogens with one attached hydrogen (secondary N) is 1. The molecule has 1 unspecified atom stereocenters. The summed E-state index contributed by atoms with van der Waals surface area (Å²) in [7, 11) is 0. The van der Waals surface area contributed by atoms with Gasteiger partial charge in [-0.25, -0.2) is 0 Å². The van der Waals surface area contributed by atoms with Gasteiger partial charge in [0.15, 0.2) is 0 Å². The van der Waals surface area contributed by atoms with Crippen molar-refractivity contribution in [2.75, 3.05) is 6.54 Å². The number of carbonyl (C=O) groups is 1. The Labute approximate surface area is 96.5 Å². The van der Waals surface area contributed by atoms with Gasteiger partial charge < -0.3 is 10.4 Å². The largest absolute Gasteiger partial charge is 0.391 e. The van der Waals surface area contributed by atoms with E-state index in [1.807, 2.05) is 32.0 Å². The zero-order valence-corrected chi connectivity index (χ0v) is 9.81. The van der Waals surface area contributed by atoms with Crippen LogP contribution >= 0.6 is 0 Å². The molecule has 0 aliphatic rings. The lowest BCUT2D eigenvalue weighted by molar-refractivity contribution is 0.112. The average Bonchev–Trinajstić information content (AvgIpc) is 2.26. The Hall–Kier alpha value is -1.19. The van der Waals surface area contributed by atoms with Gasteiger partial charge in [0, 0.05) is 18.2 Å². The van der Waals surface area contributed by atoms with Crippen molar-refractivity contribution in [1.29, 1.82) is 0 Å². The van der Waals surface area contributed by atoms with Gasteiger partial charge in [-0.3, -0.25) is 4.79 Å². The minimum atomic E-state index is -0.413. The SMILES string of the molecule is CC(C)NCC(O)Cc1cccc(C=O)c1. The smallest absolute Gasteiger partial charge is 0.150 e. The van der Waals surface area contributed by atoms with E-state index in [-0.39, 0.29) is 0 Å². The Morgan fingerprint density at radius 1 is 1.44 bits per heavy atom. The molecular weight excluding hydrogens is 202 g/mol. The normalized spacial score (nSPS) is 12.8. The molecule has 0 aliphatic heterocycles. The Balaban J connectivity index is 2.48. The van der Waals surface area contributed by atoms with Gasteiger partial charge in [-0.1, -0.05) is 32.0 Å². The Bertz CT molecular complexity index is 336. The van der Waals surface area contributed by atoms with Gasteiger partial charge in [0.1, 0.15) is 6.29 Å². The predicted molar refractivity (Wildman–Crippen MR) is 64.7 cm³/mol. The molecule has 0 aromatic heterocycles. The van der Waals surface area contributed by atoms with E-state index < -0.39 is 6.10 Å². The highest BCUT2D eigenvalue weighted by atomic mass is 16.3. The molecule has 0 saturated heterocycles. The molecule has 3 nitrogen and oxygen atoms in total. The summed E-state index contributed by atoms with van der Waals surface area (Å²) in [5.41, 5.74) is 1.64. The van der Waals surface area contributed by atoms with Crippen LogP contribution in [0.25, 0.3) is 0 Å². The summed E-state index contributed by atoms with van der Waals surface area (Å²) in [5.74, 6) is 0. The molecule has 0 aliphatic carbocycles. The number of aliphatic hydroxyl groups is 1. The van der Waals surface area contributed by atoms with Crippen LogP contribution in [0.2, 0.25) is 0 Å². The van der Waals surface area contributed by atoms with Gasteiger partial charge in [0.05, 0.1) is 6.10 Å². The number of aldehydes is 1. The first-order chi connectivity index (χ1) is 7.61. The van der Waals surface area contributed by atoms with Gasteiger partial charge in [0.2, 0.25) is 0 Å². The van der Waals surface area contributed by atoms with Gasteiger partial charge in [0.25, 0.3) is 0 Å². The zero-order valence-electron chi connectivity index (χ0n) is 9.81. The zero-order chi connectivity index (χ0) is 12.0. The lowest BCUT2D eigenvalue weighted by atomic mass is 10.1. The van der Waals surface area contributed by atoms with E-state index in [1.165, 1.54) is 0 Å². The van der Waals surface area contributed by atoms with Crippen LogP contribution in [0.1, 0.15) is 29.8 Å². The standard InChI is InChI=1S/C13H19NO2/c1-10(2)14-8-13(16)7-11-4-3-5-12(6-11)9-15/h3-6,9-10,13-14,16H,7-8H2,1-2H3. The van der Waals surface area contributed by atoms with Crippen molar-refractivity contribution in [3.63, 3.8) is 0 Å². The maximum Gasteiger partial charge on any atom is 0.150 e. The number of carbonyl (C=O) groups excluding carboxylic acids is 1. The summed E-state index contributed by atoms with van der Waals surface area (Å²) in [6, 6.07) is 7.70. The van der Waals surface area contributed by atoms with Crippen LogP contribution in [-0.4, -0.2) is 30.1 Å². The minimum Gasteiger partial charge on any atom is -0.391 e. The van der Waals surface area contributed by atoms with Crippen LogP contribution in [-0.2, 0) is 6.42 Å². The first-order valence-electron chi connectivity index (χ1n) is 5.57. The number of hydrogen-bond donors (Lipinski definition) is 2. The van der Waals surface area contributed by atoms with E-state index in [2.05, 4.69) is 5.32 Å². The summed E-state index contributed by atoms with van der Waals surface area (Å²) in [6.07, 6.45) is 0.980. The Kier molecular flexibility index (Phi) is 5.15. The van der Waals surface area contributed by atoms with Crippen molar-refractivity contribution >= 4 is 6.29 Å². The van der Waals surface area contributed by atoms with Crippen LogP contribution in [0.5, 0.6) is 0 Å². The van der Waals surface area contributed by atoms with Crippen LogP contribution < -0.4 is 5.32 Å². The molecule has 1 atom stereocenters.